The summed E-state index contributed by atoms with van der Waals surface area (Å²) in [6.07, 6.45) is 1.87. The summed E-state index contributed by atoms with van der Waals surface area (Å²) in [6, 6.07) is 2.07. The molecule has 0 atom stereocenters. The van der Waals surface area contributed by atoms with E-state index in [0.29, 0.717) is 11.3 Å². The highest BCUT2D eigenvalue weighted by atomic mass is 32.1. The Labute approximate surface area is 122 Å². The van der Waals surface area contributed by atoms with Crippen molar-refractivity contribution in [3.8, 4) is 0 Å². The van der Waals surface area contributed by atoms with Crippen LogP contribution in [0.15, 0.2) is 12.3 Å². The second-order valence-electron chi connectivity index (χ2n) is 5.17. The topological polar surface area (TPSA) is 51.4 Å². The molecule has 3 aromatic rings. The summed E-state index contributed by atoms with van der Waals surface area (Å²) in [6.45, 7) is 6.82. The number of H-pyrrole nitrogens is 1. The lowest BCUT2D eigenvalue weighted by Gasteiger charge is -2.05. The zero-order chi connectivity index (χ0) is 14.4. The minimum atomic E-state index is 0.695. The first-order valence-corrected chi connectivity index (χ1v) is 6.92. The van der Waals surface area contributed by atoms with Gasteiger partial charge in [-0.1, -0.05) is 0 Å². The van der Waals surface area contributed by atoms with E-state index in [1.807, 2.05) is 36.3 Å². The van der Waals surface area contributed by atoms with Crippen LogP contribution in [0, 0.1) is 25.5 Å². The molecule has 0 spiro atoms. The van der Waals surface area contributed by atoms with Crippen LogP contribution in [0.1, 0.15) is 22.5 Å². The Morgan fingerprint density at radius 2 is 2.05 bits per heavy atom. The van der Waals surface area contributed by atoms with Crippen molar-refractivity contribution < 1.29 is 0 Å². The number of hydrogen-bond donors (Lipinski definition) is 1. The number of rotatable bonds is 2. The van der Waals surface area contributed by atoms with Crippen LogP contribution < -0.4 is 0 Å². The van der Waals surface area contributed by atoms with Gasteiger partial charge < -0.3 is 4.98 Å². The van der Waals surface area contributed by atoms with Gasteiger partial charge in [-0.15, -0.1) is 0 Å². The molecule has 20 heavy (non-hydrogen) atoms. The van der Waals surface area contributed by atoms with Gasteiger partial charge in [0.1, 0.15) is 0 Å². The fourth-order valence-corrected chi connectivity index (χ4v) is 2.76. The zero-order valence-electron chi connectivity index (χ0n) is 12.1. The largest absolute Gasteiger partial charge is 0.329 e. The molecular weight excluding hydrogens is 270 g/mol. The number of aromatic amines is 1. The zero-order valence-corrected chi connectivity index (χ0v) is 12.9. The average molecular weight is 287 g/mol. The van der Waals surface area contributed by atoms with Gasteiger partial charge in [0.2, 0.25) is 0 Å². The van der Waals surface area contributed by atoms with E-state index < -0.39 is 0 Å². The molecule has 5 nitrogen and oxygen atoms in total. The number of imidazole rings is 1. The van der Waals surface area contributed by atoms with Crippen molar-refractivity contribution in [2.24, 2.45) is 7.05 Å². The Morgan fingerprint density at radius 1 is 1.30 bits per heavy atom. The highest BCUT2D eigenvalue weighted by Crippen LogP contribution is 2.18. The summed E-state index contributed by atoms with van der Waals surface area (Å²) in [7, 11) is 1.96. The number of hydrogen-bond acceptors (Lipinski definition) is 3. The molecule has 0 aliphatic carbocycles. The Kier molecular flexibility index (Phi) is 2.97. The van der Waals surface area contributed by atoms with E-state index in [1.54, 1.807) is 0 Å². The average Bonchev–Trinajstić information content (AvgIpc) is 2.81. The number of nitrogens with one attached hydrogen (secondary N) is 1. The Hall–Kier alpha value is -1.95. The summed E-state index contributed by atoms with van der Waals surface area (Å²) >= 11 is 5.43. The fraction of sp³-hybridized carbons (Fsp3) is 0.357. The highest BCUT2D eigenvalue weighted by molar-refractivity contribution is 7.71. The van der Waals surface area contributed by atoms with Crippen molar-refractivity contribution in [2.45, 2.75) is 27.3 Å². The second-order valence-corrected chi connectivity index (χ2v) is 5.56. The maximum absolute atomic E-state index is 5.43. The molecule has 3 aromatic heterocycles. The minimum Gasteiger partial charge on any atom is -0.329 e. The molecule has 1 N–H and O–H groups in total. The summed E-state index contributed by atoms with van der Waals surface area (Å²) in [4.78, 5) is 7.72. The lowest BCUT2D eigenvalue weighted by molar-refractivity contribution is 0.727. The molecule has 0 fully saturated rings. The van der Waals surface area contributed by atoms with Gasteiger partial charge in [0.05, 0.1) is 17.8 Å². The summed E-state index contributed by atoms with van der Waals surface area (Å²) in [5, 5.41) is 4.45. The number of fused-ring (bicyclic) bond motifs is 1. The molecule has 3 rings (SSSR count). The molecule has 0 unspecified atom stereocenters. The van der Waals surface area contributed by atoms with Gasteiger partial charge in [0, 0.05) is 24.5 Å². The molecule has 0 amide bonds. The van der Waals surface area contributed by atoms with Crippen molar-refractivity contribution in [3.05, 3.63) is 39.5 Å². The SMILES string of the molecule is Cc1cnc2c(c1)[nH]c(=S)n2Cc1c(C)nn(C)c1C. The van der Waals surface area contributed by atoms with E-state index in [4.69, 9.17) is 12.2 Å². The van der Waals surface area contributed by atoms with E-state index in [2.05, 4.69) is 28.1 Å². The van der Waals surface area contributed by atoms with Crippen molar-refractivity contribution >= 4 is 23.4 Å². The van der Waals surface area contributed by atoms with Crippen LogP contribution in [0.25, 0.3) is 11.2 Å². The third kappa shape index (κ3) is 1.96. The van der Waals surface area contributed by atoms with Gasteiger partial charge in [0.15, 0.2) is 10.4 Å². The number of aromatic nitrogens is 5. The predicted octanol–water partition coefficient (Wildman–Crippen LogP) is 2.80. The van der Waals surface area contributed by atoms with Gasteiger partial charge in [-0.2, -0.15) is 5.10 Å². The summed E-state index contributed by atoms with van der Waals surface area (Å²) < 4.78 is 4.63. The summed E-state index contributed by atoms with van der Waals surface area (Å²) in [5.74, 6) is 0. The van der Waals surface area contributed by atoms with Crippen LogP contribution in [-0.2, 0) is 13.6 Å². The first-order chi connectivity index (χ1) is 9.47. The van der Waals surface area contributed by atoms with Gasteiger partial charge >= 0.3 is 0 Å². The van der Waals surface area contributed by atoms with Crippen LogP contribution in [0.5, 0.6) is 0 Å². The molecule has 0 bridgehead atoms. The van der Waals surface area contributed by atoms with Crippen LogP contribution in [0.4, 0.5) is 0 Å². The van der Waals surface area contributed by atoms with Gasteiger partial charge in [0.25, 0.3) is 0 Å². The van der Waals surface area contributed by atoms with Crippen molar-refractivity contribution in [2.75, 3.05) is 0 Å². The molecular formula is C14H17N5S. The van der Waals surface area contributed by atoms with Crippen LogP contribution >= 0.6 is 12.2 Å². The normalized spacial score (nSPS) is 11.4. The predicted molar refractivity (Wildman–Crippen MR) is 81.4 cm³/mol. The van der Waals surface area contributed by atoms with Gasteiger partial charge in [-0.25, -0.2) is 4.98 Å². The van der Waals surface area contributed by atoms with Crippen LogP contribution in [-0.4, -0.2) is 24.3 Å². The standard InChI is InChI=1S/C14H17N5S/c1-8-5-12-13(15-6-8)19(14(20)16-12)7-11-9(2)17-18(4)10(11)3/h5-6H,7H2,1-4H3,(H,16,20). The highest BCUT2D eigenvalue weighted by Gasteiger charge is 2.13. The number of aryl methyl sites for hydroxylation is 3. The first-order valence-electron chi connectivity index (χ1n) is 6.51. The van der Waals surface area contributed by atoms with E-state index in [1.165, 1.54) is 5.56 Å². The monoisotopic (exact) mass is 287 g/mol. The van der Waals surface area contributed by atoms with Gasteiger partial charge in [-0.3, -0.25) is 9.25 Å². The molecule has 0 aliphatic heterocycles. The Bertz CT molecular complexity index is 852. The molecule has 0 radical (unpaired) electrons. The third-order valence-corrected chi connectivity index (χ3v) is 4.04. The van der Waals surface area contributed by atoms with E-state index in [9.17, 15) is 0 Å². The Balaban J connectivity index is 2.16. The molecule has 0 aromatic carbocycles. The van der Waals surface area contributed by atoms with Crippen molar-refractivity contribution in [1.29, 1.82) is 0 Å². The molecule has 0 saturated heterocycles. The van der Waals surface area contributed by atoms with Crippen molar-refractivity contribution in [3.63, 3.8) is 0 Å². The molecule has 0 aliphatic rings. The third-order valence-electron chi connectivity index (χ3n) is 3.72. The van der Waals surface area contributed by atoms with Crippen molar-refractivity contribution in [1.82, 2.24) is 24.3 Å². The lowest BCUT2D eigenvalue weighted by Crippen LogP contribution is -2.03. The van der Waals surface area contributed by atoms with E-state index in [-0.39, 0.29) is 0 Å². The summed E-state index contributed by atoms with van der Waals surface area (Å²) in [5.41, 5.74) is 6.39. The number of pyridine rings is 1. The molecule has 0 saturated carbocycles. The second kappa shape index (κ2) is 4.56. The maximum Gasteiger partial charge on any atom is 0.179 e. The molecule has 104 valence electrons. The van der Waals surface area contributed by atoms with Crippen LogP contribution in [0.2, 0.25) is 0 Å². The van der Waals surface area contributed by atoms with E-state index >= 15 is 0 Å². The van der Waals surface area contributed by atoms with Crippen LogP contribution in [0.3, 0.4) is 0 Å². The fourth-order valence-electron chi connectivity index (χ4n) is 2.50. The first kappa shape index (κ1) is 13.1. The molecule has 6 heteroatoms. The Morgan fingerprint density at radius 3 is 2.70 bits per heavy atom. The minimum absolute atomic E-state index is 0.695. The van der Waals surface area contributed by atoms with E-state index in [0.717, 1.165) is 28.1 Å². The molecule has 3 heterocycles. The maximum atomic E-state index is 5.43. The number of nitrogens with zero attached hydrogens (tertiary/aromatic N) is 4. The quantitative estimate of drug-likeness (QED) is 0.737. The lowest BCUT2D eigenvalue weighted by atomic mass is 10.2. The van der Waals surface area contributed by atoms with Gasteiger partial charge in [-0.05, 0) is 44.6 Å². The smallest absolute Gasteiger partial charge is 0.179 e.